The number of benzene rings is 2. The van der Waals surface area contributed by atoms with E-state index >= 15 is 0 Å². The molecule has 0 saturated heterocycles. The van der Waals surface area contributed by atoms with Gasteiger partial charge < -0.3 is 5.11 Å². The van der Waals surface area contributed by atoms with Crippen LogP contribution in [0, 0.1) is 10.1 Å². The average Bonchev–Trinajstić information content (AvgIpc) is 2.49. The molecule has 0 aliphatic carbocycles. The van der Waals surface area contributed by atoms with Crippen LogP contribution in [-0.2, 0) is 6.42 Å². The van der Waals surface area contributed by atoms with Gasteiger partial charge in [0.05, 0.1) is 10.6 Å². The van der Waals surface area contributed by atoms with Gasteiger partial charge in [-0.2, -0.15) is 0 Å². The van der Waals surface area contributed by atoms with Crippen LogP contribution in [0.4, 0.5) is 11.4 Å². The van der Waals surface area contributed by atoms with E-state index in [0.717, 1.165) is 24.1 Å². The van der Waals surface area contributed by atoms with Crippen molar-refractivity contribution in [1.82, 2.24) is 0 Å². The fourth-order valence-corrected chi connectivity index (χ4v) is 2.56. The highest BCUT2D eigenvalue weighted by atomic mass is 79.9. The van der Waals surface area contributed by atoms with Crippen LogP contribution in [0.2, 0.25) is 0 Å². The maximum absolute atomic E-state index is 10.9. The predicted molar refractivity (Wildman–Crippen MR) is 90.2 cm³/mol. The topological polar surface area (TPSA) is 75.7 Å². The number of nitrogens with zero attached hydrogens (tertiary/aromatic N) is 2. The Balaban J connectivity index is 2.41. The molecule has 22 heavy (non-hydrogen) atoms. The van der Waals surface area contributed by atoms with E-state index in [1.54, 1.807) is 6.07 Å². The summed E-state index contributed by atoms with van der Waals surface area (Å²) in [5, 5.41) is 20.9. The van der Waals surface area contributed by atoms with Crippen LogP contribution < -0.4 is 0 Å². The molecule has 2 aromatic carbocycles. The van der Waals surface area contributed by atoms with Crippen molar-refractivity contribution in [2.45, 2.75) is 19.8 Å². The van der Waals surface area contributed by atoms with Crippen molar-refractivity contribution in [2.75, 3.05) is 0 Å². The second-order valence-electron chi connectivity index (χ2n) is 4.76. The minimum atomic E-state index is -0.623. The van der Waals surface area contributed by atoms with Gasteiger partial charge in [0.2, 0.25) is 5.75 Å². The Morgan fingerprint density at radius 2 is 2.09 bits per heavy atom. The van der Waals surface area contributed by atoms with Gasteiger partial charge in [-0.05, 0) is 24.1 Å². The standard InChI is InChI=1S/C16H15BrN2O3/c1-2-5-11-6-3-4-7-14(11)18-10-12-8-13(17)9-15(16(12)20)19(21)22/h3-4,6-10,20H,2,5H2,1H3/b18-10+. The lowest BCUT2D eigenvalue weighted by Gasteiger charge is -2.04. The lowest BCUT2D eigenvalue weighted by molar-refractivity contribution is -0.385. The van der Waals surface area contributed by atoms with Gasteiger partial charge in [-0.1, -0.05) is 47.5 Å². The van der Waals surface area contributed by atoms with E-state index in [2.05, 4.69) is 27.8 Å². The van der Waals surface area contributed by atoms with Crippen molar-refractivity contribution < 1.29 is 10.0 Å². The summed E-state index contributed by atoms with van der Waals surface area (Å²) in [6.45, 7) is 2.09. The molecule has 0 bridgehead atoms. The largest absolute Gasteiger partial charge is 0.502 e. The van der Waals surface area contributed by atoms with Crippen molar-refractivity contribution >= 4 is 33.5 Å². The summed E-state index contributed by atoms with van der Waals surface area (Å²) < 4.78 is 0.514. The van der Waals surface area contributed by atoms with Crippen LogP contribution in [0.3, 0.4) is 0 Å². The van der Waals surface area contributed by atoms with Gasteiger partial charge in [0, 0.05) is 22.3 Å². The van der Waals surface area contributed by atoms with Gasteiger partial charge in [-0.3, -0.25) is 15.1 Å². The predicted octanol–water partition coefficient (Wildman–Crippen LogP) is 4.77. The summed E-state index contributed by atoms with van der Waals surface area (Å²) in [6.07, 6.45) is 3.35. The van der Waals surface area contributed by atoms with Crippen molar-refractivity contribution in [3.63, 3.8) is 0 Å². The number of aryl methyl sites for hydroxylation is 1. The lowest BCUT2D eigenvalue weighted by atomic mass is 10.1. The Hall–Kier alpha value is -2.21. The molecule has 0 unspecified atom stereocenters. The molecule has 0 saturated carbocycles. The fourth-order valence-electron chi connectivity index (χ4n) is 2.10. The number of phenols is 1. The Bertz CT molecular complexity index is 729. The van der Waals surface area contributed by atoms with Gasteiger partial charge in [0.25, 0.3) is 0 Å². The van der Waals surface area contributed by atoms with E-state index in [9.17, 15) is 15.2 Å². The second kappa shape index (κ2) is 7.17. The monoisotopic (exact) mass is 362 g/mol. The number of aromatic hydroxyl groups is 1. The summed E-state index contributed by atoms with van der Waals surface area (Å²) in [4.78, 5) is 14.7. The first-order valence-electron chi connectivity index (χ1n) is 6.81. The first-order valence-corrected chi connectivity index (χ1v) is 7.61. The summed E-state index contributed by atoms with van der Waals surface area (Å²) >= 11 is 3.20. The molecule has 0 aliphatic heterocycles. The summed E-state index contributed by atoms with van der Waals surface area (Å²) in [5.41, 5.74) is 1.85. The summed E-state index contributed by atoms with van der Waals surface area (Å²) in [7, 11) is 0. The highest BCUT2D eigenvalue weighted by Gasteiger charge is 2.17. The van der Waals surface area contributed by atoms with Gasteiger partial charge in [-0.25, -0.2) is 0 Å². The molecular formula is C16H15BrN2O3. The third kappa shape index (κ3) is 3.71. The maximum Gasteiger partial charge on any atom is 0.312 e. The molecule has 6 heteroatoms. The van der Waals surface area contributed by atoms with Crippen molar-refractivity contribution in [2.24, 2.45) is 4.99 Å². The molecule has 0 atom stereocenters. The SMILES string of the molecule is CCCc1ccccc1/N=C/c1cc(Br)cc([N+](=O)[O-])c1O. The molecule has 1 N–H and O–H groups in total. The second-order valence-corrected chi connectivity index (χ2v) is 5.67. The number of hydrogen-bond donors (Lipinski definition) is 1. The summed E-state index contributed by atoms with van der Waals surface area (Å²) in [6, 6.07) is 10.6. The highest BCUT2D eigenvalue weighted by Crippen LogP contribution is 2.33. The number of phenolic OH excluding ortho intramolecular Hbond substituents is 1. The zero-order valence-electron chi connectivity index (χ0n) is 12.0. The number of nitro groups is 1. The quantitative estimate of drug-likeness (QED) is 0.472. The van der Waals surface area contributed by atoms with E-state index in [4.69, 9.17) is 0 Å². The Morgan fingerprint density at radius 1 is 1.36 bits per heavy atom. The van der Waals surface area contributed by atoms with Crippen LogP contribution >= 0.6 is 15.9 Å². The fraction of sp³-hybridized carbons (Fsp3) is 0.188. The van der Waals surface area contributed by atoms with Crippen LogP contribution in [0.5, 0.6) is 5.75 Å². The molecule has 2 rings (SSSR count). The number of hydrogen-bond acceptors (Lipinski definition) is 4. The molecule has 0 aliphatic rings. The van der Waals surface area contributed by atoms with E-state index < -0.39 is 4.92 Å². The minimum absolute atomic E-state index is 0.298. The third-order valence-electron chi connectivity index (χ3n) is 3.13. The first kappa shape index (κ1) is 16.2. The Morgan fingerprint density at radius 3 is 2.77 bits per heavy atom. The Labute approximate surface area is 136 Å². The van der Waals surface area contributed by atoms with Crippen molar-refractivity contribution in [3.05, 3.63) is 62.1 Å². The number of halogens is 1. The third-order valence-corrected chi connectivity index (χ3v) is 3.59. The van der Waals surface area contributed by atoms with Crippen LogP contribution in [-0.4, -0.2) is 16.2 Å². The van der Waals surface area contributed by atoms with Crippen LogP contribution in [0.1, 0.15) is 24.5 Å². The molecule has 0 heterocycles. The summed E-state index contributed by atoms with van der Waals surface area (Å²) in [5.74, 6) is -0.384. The molecule has 0 spiro atoms. The average molecular weight is 363 g/mol. The van der Waals surface area contributed by atoms with Gasteiger partial charge in [-0.15, -0.1) is 0 Å². The molecule has 0 radical (unpaired) electrons. The van der Waals surface area contributed by atoms with Crippen LogP contribution in [0.25, 0.3) is 0 Å². The minimum Gasteiger partial charge on any atom is -0.502 e. The van der Waals surface area contributed by atoms with E-state index in [1.807, 2.05) is 24.3 Å². The number of para-hydroxylation sites is 1. The lowest BCUT2D eigenvalue weighted by Crippen LogP contribution is -1.93. The molecule has 0 aromatic heterocycles. The number of rotatable bonds is 5. The van der Waals surface area contributed by atoms with Crippen molar-refractivity contribution in [3.8, 4) is 5.75 Å². The normalized spacial score (nSPS) is 11.0. The smallest absolute Gasteiger partial charge is 0.312 e. The zero-order chi connectivity index (χ0) is 16.1. The molecule has 0 fully saturated rings. The van der Waals surface area contributed by atoms with Gasteiger partial charge >= 0.3 is 5.69 Å². The van der Waals surface area contributed by atoms with Gasteiger partial charge in [0.1, 0.15) is 0 Å². The molecular weight excluding hydrogens is 348 g/mol. The molecule has 0 amide bonds. The Kier molecular flexibility index (Phi) is 5.27. The molecule has 2 aromatic rings. The molecule has 114 valence electrons. The van der Waals surface area contributed by atoms with Gasteiger partial charge in [0.15, 0.2) is 0 Å². The van der Waals surface area contributed by atoms with E-state index in [0.29, 0.717) is 10.0 Å². The number of nitro benzene ring substituents is 1. The van der Waals surface area contributed by atoms with E-state index in [-0.39, 0.29) is 11.4 Å². The first-order chi connectivity index (χ1) is 10.5. The van der Waals surface area contributed by atoms with E-state index in [1.165, 1.54) is 12.3 Å². The number of aliphatic imine (C=N–C) groups is 1. The zero-order valence-corrected chi connectivity index (χ0v) is 13.6. The van der Waals surface area contributed by atoms with Crippen molar-refractivity contribution in [1.29, 1.82) is 0 Å². The molecule has 5 nitrogen and oxygen atoms in total. The highest BCUT2D eigenvalue weighted by molar-refractivity contribution is 9.10. The maximum atomic E-state index is 10.9. The van der Waals surface area contributed by atoms with Crippen LogP contribution in [0.15, 0.2) is 45.9 Å².